The molecule has 0 heterocycles. The van der Waals surface area contributed by atoms with Crippen LogP contribution in [0.3, 0.4) is 0 Å². The van der Waals surface area contributed by atoms with Gasteiger partial charge in [-0.15, -0.1) is 0 Å². The minimum absolute atomic E-state index is 0.275. The van der Waals surface area contributed by atoms with Crippen LogP contribution in [0.5, 0.6) is 46.0 Å². The first-order valence-corrected chi connectivity index (χ1v) is 48.4. The fourth-order valence-corrected chi connectivity index (χ4v) is 16.6. The molecule has 0 spiro atoms. The average Bonchev–Trinajstić information content (AvgIpc) is 0.770. The van der Waals surface area contributed by atoms with E-state index in [-0.39, 0.29) is 43.3 Å². The van der Waals surface area contributed by atoms with E-state index in [1.807, 2.05) is 0 Å². The second-order valence-corrected chi connectivity index (χ2v) is 44.6. The smallest absolute Gasteiger partial charge is 0.126 e. The number of hydrogen-bond donors (Lipinski definition) is 8. The molecule has 0 saturated carbocycles. The van der Waals surface area contributed by atoms with Crippen LogP contribution in [0.2, 0.25) is 0 Å². The van der Waals surface area contributed by atoms with Gasteiger partial charge < -0.3 is 37.9 Å². The first kappa shape index (κ1) is 98.7. The number of hydrogen-bond acceptors (Lipinski definition) is 16. The third-order valence-electron chi connectivity index (χ3n) is 22.6. The van der Waals surface area contributed by atoms with Crippen molar-refractivity contribution in [1.29, 1.82) is 0 Å². The Bertz CT molecular complexity index is 3730. The van der Waals surface area contributed by atoms with Gasteiger partial charge in [-0.3, -0.25) is 0 Å². The van der Waals surface area contributed by atoms with Crippen LogP contribution in [0.15, 0.2) is 97.1 Å². The summed E-state index contributed by atoms with van der Waals surface area (Å²) in [7, 11) is 0. The number of rotatable bonds is 24. The Morgan fingerprint density at radius 1 is 0.158 bits per heavy atom. The highest BCUT2D eigenvalue weighted by atomic mass is 32.1. The van der Waals surface area contributed by atoms with Crippen molar-refractivity contribution in [2.75, 3.05) is 98.9 Å². The Kier molecular flexibility index (Phi) is 34.2. The predicted molar refractivity (Wildman–Crippen MR) is 538 cm³/mol. The van der Waals surface area contributed by atoms with E-state index in [2.05, 4.69) is 263 Å². The van der Waals surface area contributed by atoms with Crippen molar-refractivity contribution in [2.45, 2.75) is 261 Å². The summed E-state index contributed by atoms with van der Waals surface area (Å²) in [4.78, 5) is 0. The van der Waals surface area contributed by atoms with E-state index >= 15 is 0 Å². The second kappa shape index (κ2) is 41.6. The van der Waals surface area contributed by atoms with Crippen LogP contribution in [0.1, 0.15) is 300 Å². The molecule has 1 aliphatic rings. The van der Waals surface area contributed by atoms with Gasteiger partial charge in [0.25, 0.3) is 0 Å². The summed E-state index contributed by atoms with van der Waals surface area (Å²) in [6.07, 6.45) is 4.02. The van der Waals surface area contributed by atoms with Gasteiger partial charge in [-0.25, -0.2) is 0 Å². The van der Waals surface area contributed by atoms with Gasteiger partial charge in [0, 0.05) is 97.4 Å². The second-order valence-electron chi connectivity index (χ2n) is 41.0. The zero-order chi connectivity index (χ0) is 88.4. The first-order chi connectivity index (χ1) is 56.2. The van der Waals surface area contributed by atoms with Crippen molar-refractivity contribution < 1.29 is 37.9 Å². The Balaban J connectivity index is 1.51. The van der Waals surface area contributed by atoms with Crippen LogP contribution in [-0.2, 0) is 94.7 Å². The lowest BCUT2D eigenvalue weighted by Crippen LogP contribution is -2.18. The molecule has 8 aromatic rings. The van der Waals surface area contributed by atoms with Gasteiger partial charge >= 0.3 is 0 Å². The maximum atomic E-state index is 7.27. The number of ether oxygens (including phenoxy) is 8. The summed E-state index contributed by atoms with van der Waals surface area (Å²) in [6.45, 7) is 58.6. The van der Waals surface area contributed by atoms with E-state index in [1.54, 1.807) is 0 Å². The molecule has 0 amide bonds. The molecule has 0 fully saturated rings. The van der Waals surface area contributed by atoms with Crippen molar-refractivity contribution in [3.63, 3.8) is 0 Å². The Morgan fingerprint density at radius 2 is 0.233 bits per heavy atom. The van der Waals surface area contributed by atoms with Gasteiger partial charge in [0.15, 0.2) is 0 Å². The Hall–Kier alpha value is -5.04. The van der Waals surface area contributed by atoms with Crippen molar-refractivity contribution >= 4 is 101 Å². The molecule has 0 N–H and O–H groups in total. The molecular formula is C104H144O8S8. The van der Waals surface area contributed by atoms with E-state index in [0.29, 0.717) is 150 Å². The fourth-order valence-electron chi connectivity index (χ4n) is 15.9. The summed E-state index contributed by atoms with van der Waals surface area (Å²) in [5, 5.41) is 0. The summed E-state index contributed by atoms with van der Waals surface area (Å²) in [6, 6.07) is 38.2. The molecule has 120 heavy (non-hydrogen) atoms. The third-order valence-corrected chi connectivity index (χ3v) is 24.1. The topological polar surface area (TPSA) is 73.8 Å². The van der Waals surface area contributed by atoms with Gasteiger partial charge in [-0.2, -0.15) is 101 Å². The molecule has 0 aliphatic heterocycles. The largest absolute Gasteiger partial charge is 0.492 e. The van der Waals surface area contributed by atoms with Crippen LogP contribution in [0.25, 0.3) is 0 Å². The van der Waals surface area contributed by atoms with Gasteiger partial charge in [0.2, 0.25) is 0 Å². The molecule has 16 bridgehead atoms. The molecule has 0 saturated heterocycles. The standard InChI is InChI=1S/C104H144O8S8/c1-97(2,3)81-49-65-41-67-51-82(98(4,5)6)53-69(90(67)106-26-34-114)43-71-55-84(100(10,11)12)57-73(92(71)108-28-36-116)45-75-59-86(102(16,17)18)61-77(94(75)110-30-38-118)47-79-63-88(104(22,23)24)64-80(96(79)112-32-40-120)48-78-62-87(103(19,20)21)60-76(95(78)111-31-39-119)46-74-58-85(101(13,14)15)56-72(93(74)109-29-37-117)44-70-54-83(99(7,8)9)52-68(91(70)107-27-35-115)42-66(50-81)89(65)105-25-33-113/h49-64,113-120H,25-48H2,1-24H3. The average molecular weight is 1780 g/mol. The van der Waals surface area contributed by atoms with Gasteiger partial charge in [0.05, 0.1) is 52.9 Å². The molecule has 16 heteroatoms. The first-order valence-electron chi connectivity index (χ1n) is 43.4. The fraction of sp³-hybridized carbons (Fsp3) is 0.538. The third kappa shape index (κ3) is 25.6. The highest BCUT2D eigenvalue weighted by Crippen LogP contribution is 2.49. The molecule has 8 aromatic carbocycles. The van der Waals surface area contributed by atoms with Crippen molar-refractivity contribution in [3.8, 4) is 46.0 Å². The van der Waals surface area contributed by atoms with Crippen molar-refractivity contribution in [1.82, 2.24) is 0 Å². The SMILES string of the molecule is CC(C)(C)c1cc2c(OCCS)c(c1)Cc1cc(C(C)(C)C)cc(c1OCCS)Cc1cc(C(C)(C)C)cc(c1OCCS)Cc1cc(C(C)(C)C)cc(c1OCCS)Cc1cc(C(C)(C)C)cc(c1OCCS)Cc1cc(C(C)(C)C)cc(c1OCCS)Cc1cc(C(C)(C)C)cc(c1OCCS)Cc1cc(C(C)(C)C)cc(c1OCCS)C2. The van der Waals surface area contributed by atoms with Crippen LogP contribution < -0.4 is 37.9 Å². The van der Waals surface area contributed by atoms with E-state index in [1.165, 1.54) is 44.5 Å². The minimum Gasteiger partial charge on any atom is -0.492 e. The molecule has 0 unspecified atom stereocenters. The predicted octanol–water partition coefficient (Wildman–Crippen LogP) is 25.6. The Morgan fingerprint density at radius 3 is 0.292 bits per heavy atom. The number of benzene rings is 8. The monoisotopic (exact) mass is 1780 g/mol. The van der Waals surface area contributed by atoms with Gasteiger partial charge in [-0.1, -0.05) is 263 Å². The maximum Gasteiger partial charge on any atom is 0.126 e. The van der Waals surface area contributed by atoms with E-state index in [0.717, 1.165) is 135 Å². The summed E-state index contributed by atoms with van der Waals surface area (Å²) in [5.74, 6) is 10.8. The zero-order valence-corrected chi connectivity index (χ0v) is 84.2. The summed E-state index contributed by atoms with van der Waals surface area (Å²) in [5.41, 5.74) is 24.3. The quantitative estimate of drug-likeness (QED) is 0.0285. The molecule has 0 atom stereocenters. The van der Waals surface area contributed by atoms with Crippen molar-refractivity contribution in [3.05, 3.63) is 231 Å². The lowest BCUT2D eigenvalue weighted by atomic mass is 9.79. The lowest BCUT2D eigenvalue weighted by molar-refractivity contribution is 0.330. The molecule has 1 aliphatic carbocycles. The molecule has 0 aromatic heterocycles. The van der Waals surface area contributed by atoms with Gasteiger partial charge in [0.1, 0.15) is 46.0 Å². The maximum absolute atomic E-state index is 7.27. The Labute approximate surface area is 768 Å². The minimum atomic E-state index is -0.275. The highest BCUT2D eigenvalue weighted by molar-refractivity contribution is 7.81. The van der Waals surface area contributed by atoms with Crippen LogP contribution in [-0.4, -0.2) is 98.9 Å². The molecule has 9 rings (SSSR count). The molecule has 0 radical (unpaired) electrons. The van der Waals surface area contributed by atoms with Crippen molar-refractivity contribution in [2.24, 2.45) is 0 Å². The van der Waals surface area contributed by atoms with Crippen LogP contribution in [0.4, 0.5) is 0 Å². The van der Waals surface area contributed by atoms with Gasteiger partial charge in [-0.05, 0) is 177 Å². The number of thiol groups is 8. The van der Waals surface area contributed by atoms with E-state index in [9.17, 15) is 0 Å². The molecular weight excluding hydrogens is 1630 g/mol. The number of fused-ring (bicyclic) bond motifs is 16. The molecule has 656 valence electrons. The molecule has 8 nitrogen and oxygen atoms in total. The van der Waals surface area contributed by atoms with Crippen LogP contribution in [0, 0.1) is 0 Å². The van der Waals surface area contributed by atoms with Crippen LogP contribution >= 0.6 is 101 Å². The highest BCUT2D eigenvalue weighted by Gasteiger charge is 2.34. The normalized spacial score (nSPS) is 13.6. The zero-order valence-electron chi connectivity index (χ0n) is 77.1. The summed E-state index contributed by atoms with van der Waals surface area (Å²) >= 11 is 39.0. The summed E-state index contributed by atoms with van der Waals surface area (Å²) < 4.78 is 58.2. The van der Waals surface area contributed by atoms with E-state index < -0.39 is 0 Å². The van der Waals surface area contributed by atoms with E-state index in [4.69, 9.17) is 139 Å². The lowest BCUT2D eigenvalue weighted by Gasteiger charge is -2.29.